The summed E-state index contributed by atoms with van der Waals surface area (Å²) in [7, 11) is 1.67. The Bertz CT molecular complexity index is 318. The molecule has 1 rings (SSSR count). The second kappa shape index (κ2) is 6.12. The molecule has 2 nitrogen and oxygen atoms in total. The summed E-state index contributed by atoms with van der Waals surface area (Å²) in [5.41, 5.74) is 1.08. The highest BCUT2D eigenvalue weighted by atomic mass is 16.5. The topological polar surface area (TPSA) is 18.5 Å². The van der Waals surface area contributed by atoms with Crippen molar-refractivity contribution in [3.63, 3.8) is 0 Å². The molecule has 0 fully saturated rings. The molecule has 1 unspecified atom stereocenters. The molecule has 0 heterocycles. The molecule has 0 spiro atoms. The average molecular weight is 206 g/mol. The van der Waals surface area contributed by atoms with Gasteiger partial charge in [-0.1, -0.05) is 19.1 Å². The quantitative estimate of drug-likeness (QED) is 0.687. The van der Waals surface area contributed by atoms with Gasteiger partial charge in [0.2, 0.25) is 0 Å². The molecule has 82 valence electrons. The zero-order chi connectivity index (χ0) is 11.1. The molecule has 0 bridgehead atoms. The van der Waals surface area contributed by atoms with E-state index in [9.17, 15) is 0 Å². The lowest BCUT2D eigenvalue weighted by Crippen LogP contribution is -2.00. The molecule has 0 aliphatic rings. The number of rotatable bonds is 5. The first kappa shape index (κ1) is 11.6. The minimum Gasteiger partial charge on any atom is -0.498 e. The lowest BCUT2D eigenvalue weighted by atomic mass is 10.2. The van der Waals surface area contributed by atoms with Crippen molar-refractivity contribution in [1.29, 1.82) is 0 Å². The van der Waals surface area contributed by atoms with Gasteiger partial charge in [-0.2, -0.15) is 0 Å². The van der Waals surface area contributed by atoms with E-state index in [1.54, 1.807) is 13.4 Å². The summed E-state index contributed by atoms with van der Waals surface area (Å²) in [6.07, 6.45) is 4.96. The van der Waals surface area contributed by atoms with Crippen LogP contribution in [-0.4, -0.2) is 13.2 Å². The summed E-state index contributed by atoms with van der Waals surface area (Å²) in [4.78, 5) is 0. The maximum atomic E-state index is 5.45. The van der Waals surface area contributed by atoms with Gasteiger partial charge in [-0.15, -0.1) is 0 Å². The van der Waals surface area contributed by atoms with Crippen molar-refractivity contribution in [1.82, 2.24) is 0 Å². The van der Waals surface area contributed by atoms with Crippen LogP contribution in [0.5, 0.6) is 5.75 Å². The molecule has 0 saturated carbocycles. The van der Waals surface area contributed by atoms with Gasteiger partial charge in [-0.05, 0) is 37.1 Å². The minimum atomic E-state index is 0.270. The Labute approximate surface area is 91.5 Å². The second-order valence-corrected chi connectivity index (χ2v) is 3.43. The molecule has 2 heteroatoms. The van der Waals surface area contributed by atoms with E-state index in [2.05, 4.69) is 13.8 Å². The maximum absolute atomic E-state index is 5.45. The van der Waals surface area contributed by atoms with Gasteiger partial charge in [0.05, 0.1) is 19.5 Å². The van der Waals surface area contributed by atoms with Crippen LogP contribution in [0.25, 0.3) is 6.08 Å². The van der Waals surface area contributed by atoms with Gasteiger partial charge in [0.15, 0.2) is 0 Å². The smallest absolute Gasteiger partial charge is 0.119 e. The van der Waals surface area contributed by atoms with E-state index in [0.717, 1.165) is 17.7 Å². The van der Waals surface area contributed by atoms with Crippen LogP contribution in [-0.2, 0) is 4.74 Å². The summed E-state index contributed by atoms with van der Waals surface area (Å²) in [5, 5.41) is 0. The van der Waals surface area contributed by atoms with E-state index >= 15 is 0 Å². The first-order chi connectivity index (χ1) is 7.26. The summed E-state index contributed by atoms with van der Waals surface area (Å²) in [6.45, 7) is 4.15. The van der Waals surface area contributed by atoms with Gasteiger partial charge in [0, 0.05) is 0 Å². The first-order valence-corrected chi connectivity index (χ1v) is 5.22. The van der Waals surface area contributed by atoms with Crippen molar-refractivity contribution in [2.24, 2.45) is 0 Å². The lowest BCUT2D eigenvalue weighted by molar-refractivity contribution is 0.160. The summed E-state index contributed by atoms with van der Waals surface area (Å²) >= 11 is 0. The number of hydrogen-bond donors (Lipinski definition) is 0. The Hall–Kier alpha value is -1.44. The van der Waals surface area contributed by atoms with Crippen molar-refractivity contribution in [3.8, 4) is 5.75 Å². The highest BCUT2D eigenvalue weighted by molar-refractivity contribution is 5.50. The van der Waals surface area contributed by atoms with E-state index in [1.807, 2.05) is 30.3 Å². The zero-order valence-corrected chi connectivity index (χ0v) is 9.57. The third kappa shape index (κ3) is 4.07. The molecule has 1 aromatic rings. The van der Waals surface area contributed by atoms with Crippen LogP contribution in [0.2, 0.25) is 0 Å². The third-order valence-electron chi connectivity index (χ3n) is 2.24. The standard InChI is InChI=1S/C13H18O2/c1-4-11(2)15-9-8-12-6-5-7-13(10-12)14-3/h5-11H,4H2,1-3H3/b9-8+. The summed E-state index contributed by atoms with van der Waals surface area (Å²) in [5.74, 6) is 0.862. The SMILES string of the molecule is CCC(C)O/C=C/c1cccc(OC)c1. The fourth-order valence-electron chi connectivity index (χ4n) is 1.09. The van der Waals surface area contributed by atoms with Crippen LogP contribution < -0.4 is 4.74 Å². The molecule has 0 aliphatic heterocycles. The van der Waals surface area contributed by atoms with E-state index < -0.39 is 0 Å². The van der Waals surface area contributed by atoms with E-state index in [4.69, 9.17) is 9.47 Å². The second-order valence-electron chi connectivity index (χ2n) is 3.43. The molecule has 15 heavy (non-hydrogen) atoms. The molecule has 0 radical (unpaired) electrons. The molecule has 0 saturated heterocycles. The molecule has 0 amide bonds. The predicted molar refractivity (Wildman–Crippen MR) is 62.9 cm³/mol. The Morgan fingerprint density at radius 3 is 2.87 bits per heavy atom. The fourth-order valence-corrected chi connectivity index (χ4v) is 1.09. The molecular weight excluding hydrogens is 188 g/mol. The summed E-state index contributed by atoms with van der Waals surface area (Å²) < 4.78 is 10.6. The van der Waals surface area contributed by atoms with E-state index in [0.29, 0.717) is 0 Å². The molecule has 0 aromatic heterocycles. The molecule has 1 atom stereocenters. The van der Waals surface area contributed by atoms with Gasteiger partial charge < -0.3 is 9.47 Å². The molecule has 0 aliphatic carbocycles. The highest BCUT2D eigenvalue weighted by Gasteiger charge is 1.94. The van der Waals surface area contributed by atoms with Crippen molar-refractivity contribution >= 4 is 6.08 Å². The first-order valence-electron chi connectivity index (χ1n) is 5.22. The minimum absolute atomic E-state index is 0.270. The highest BCUT2D eigenvalue weighted by Crippen LogP contribution is 2.13. The lowest BCUT2D eigenvalue weighted by Gasteiger charge is -2.07. The largest absolute Gasteiger partial charge is 0.498 e. The van der Waals surface area contributed by atoms with Crippen LogP contribution in [0.15, 0.2) is 30.5 Å². The van der Waals surface area contributed by atoms with Gasteiger partial charge >= 0.3 is 0 Å². The molecular formula is C13H18O2. The summed E-state index contributed by atoms with van der Waals surface area (Å²) in [6, 6.07) is 7.87. The number of hydrogen-bond acceptors (Lipinski definition) is 2. The number of methoxy groups -OCH3 is 1. The van der Waals surface area contributed by atoms with Gasteiger partial charge in [0.25, 0.3) is 0 Å². The predicted octanol–water partition coefficient (Wildman–Crippen LogP) is 3.48. The van der Waals surface area contributed by atoms with Gasteiger partial charge in [0.1, 0.15) is 5.75 Å². The van der Waals surface area contributed by atoms with E-state index in [1.165, 1.54) is 0 Å². The van der Waals surface area contributed by atoms with Crippen LogP contribution >= 0.6 is 0 Å². The van der Waals surface area contributed by atoms with Crippen molar-refractivity contribution in [2.75, 3.05) is 7.11 Å². The van der Waals surface area contributed by atoms with Crippen molar-refractivity contribution in [3.05, 3.63) is 36.1 Å². The monoisotopic (exact) mass is 206 g/mol. The normalized spacial score (nSPS) is 12.7. The maximum Gasteiger partial charge on any atom is 0.119 e. The Kier molecular flexibility index (Phi) is 4.75. The Morgan fingerprint density at radius 2 is 2.20 bits per heavy atom. The number of ether oxygens (including phenoxy) is 2. The Balaban J connectivity index is 2.56. The average Bonchev–Trinajstić information content (AvgIpc) is 2.29. The fraction of sp³-hybridized carbons (Fsp3) is 0.385. The molecule has 1 aromatic carbocycles. The van der Waals surface area contributed by atoms with Crippen LogP contribution in [0.4, 0.5) is 0 Å². The molecule has 0 N–H and O–H groups in total. The zero-order valence-electron chi connectivity index (χ0n) is 9.57. The van der Waals surface area contributed by atoms with Gasteiger partial charge in [-0.3, -0.25) is 0 Å². The van der Waals surface area contributed by atoms with Crippen molar-refractivity contribution in [2.45, 2.75) is 26.4 Å². The van der Waals surface area contributed by atoms with E-state index in [-0.39, 0.29) is 6.10 Å². The van der Waals surface area contributed by atoms with Crippen molar-refractivity contribution < 1.29 is 9.47 Å². The van der Waals surface area contributed by atoms with Crippen LogP contribution in [0.3, 0.4) is 0 Å². The third-order valence-corrected chi connectivity index (χ3v) is 2.24. The van der Waals surface area contributed by atoms with Gasteiger partial charge in [-0.25, -0.2) is 0 Å². The van der Waals surface area contributed by atoms with Crippen LogP contribution in [0.1, 0.15) is 25.8 Å². The van der Waals surface area contributed by atoms with Crippen LogP contribution in [0, 0.1) is 0 Å². The Morgan fingerprint density at radius 1 is 1.40 bits per heavy atom. The number of benzene rings is 1.